The van der Waals surface area contributed by atoms with Gasteiger partial charge in [0.15, 0.2) is 4.90 Å². The molecule has 1 saturated carbocycles. The van der Waals surface area contributed by atoms with E-state index in [0.29, 0.717) is 24.9 Å². The summed E-state index contributed by atoms with van der Waals surface area (Å²) in [4.78, 5) is 0.0627. The Bertz CT molecular complexity index is 706. The summed E-state index contributed by atoms with van der Waals surface area (Å²) >= 11 is 0. The van der Waals surface area contributed by atoms with Crippen molar-refractivity contribution in [1.29, 1.82) is 0 Å². The van der Waals surface area contributed by atoms with Gasteiger partial charge in [0.05, 0.1) is 21.3 Å². The highest BCUT2D eigenvalue weighted by Crippen LogP contribution is 2.39. The molecule has 2 fully saturated rings. The van der Waals surface area contributed by atoms with Crippen LogP contribution < -0.4 is 19.5 Å². The van der Waals surface area contributed by atoms with Crippen molar-refractivity contribution in [2.45, 2.75) is 36.6 Å². The Labute approximate surface area is 167 Å². The lowest BCUT2D eigenvalue weighted by atomic mass is 10.1. The normalized spacial score (nSPS) is 18.6. The maximum atomic E-state index is 13.2. The number of nitrogens with one attached hydrogen (secondary N) is 1. The van der Waals surface area contributed by atoms with Crippen LogP contribution in [0, 0.1) is 5.92 Å². The Balaban J connectivity index is 0.00000261. The molecule has 7 nitrogen and oxygen atoms in total. The van der Waals surface area contributed by atoms with E-state index in [1.165, 1.54) is 38.5 Å². The third kappa shape index (κ3) is 4.99. The number of ether oxygens (including phenoxy) is 3. The van der Waals surface area contributed by atoms with E-state index >= 15 is 0 Å². The molecule has 0 aromatic heterocycles. The monoisotopic (exact) mass is 420 g/mol. The van der Waals surface area contributed by atoms with E-state index in [9.17, 15) is 8.42 Å². The highest BCUT2D eigenvalue weighted by atomic mass is 35.5. The summed E-state index contributed by atoms with van der Waals surface area (Å²) in [7, 11) is 0.692. The lowest BCUT2D eigenvalue weighted by Gasteiger charge is -2.32. The number of sulfonamides is 1. The summed E-state index contributed by atoms with van der Waals surface area (Å²) in [5, 5.41) is 3.57. The van der Waals surface area contributed by atoms with Crippen LogP contribution in [0.4, 0.5) is 0 Å². The van der Waals surface area contributed by atoms with Crippen molar-refractivity contribution in [2.24, 2.45) is 5.92 Å². The summed E-state index contributed by atoms with van der Waals surface area (Å²) in [6.07, 6.45) is 4.26. The molecule has 1 aromatic rings. The molecule has 9 heteroatoms. The molecule has 0 spiro atoms. The summed E-state index contributed by atoms with van der Waals surface area (Å²) in [5.74, 6) is 1.77. The molecule has 1 N–H and O–H groups in total. The average Bonchev–Trinajstić information content (AvgIpc) is 3.49. The van der Waals surface area contributed by atoms with Crippen LogP contribution in [0.2, 0.25) is 0 Å². The van der Waals surface area contributed by atoms with Gasteiger partial charge in [0.25, 0.3) is 0 Å². The molecule has 1 heterocycles. The number of rotatable bonds is 8. The molecule has 0 amide bonds. The second kappa shape index (κ2) is 9.32. The number of hydrogen-bond donors (Lipinski definition) is 1. The molecular weight excluding hydrogens is 392 g/mol. The van der Waals surface area contributed by atoms with E-state index in [1.807, 2.05) is 0 Å². The smallest absolute Gasteiger partial charge is 0.250 e. The molecule has 0 unspecified atom stereocenters. The lowest BCUT2D eigenvalue weighted by molar-refractivity contribution is 0.285. The molecule has 1 saturated heterocycles. The van der Waals surface area contributed by atoms with Crippen LogP contribution in [0.15, 0.2) is 17.0 Å². The fraction of sp³-hybridized carbons (Fsp3) is 0.667. The Kier molecular flexibility index (Phi) is 7.62. The van der Waals surface area contributed by atoms with Gasteiger partial charge in [-0.15, -0.1) is 12.4 Å². The minimum absolute atomic E-state index is 0. The van der Waals surface area contributed by atoms with Gasteiger partial charge in [0, 0.05) is 31.3 Å². The predicted molar refractivity (Wildman–Crippen MR) is 106 cm³/mol. The van der Waals surface area contributed by atoms with Gasteiger partial charge in [-0.1, -0.05) is 0 Å². The first-order valence-corrected chi connectivity index (χ1v) is 10.5. The van der Waals surface area contributed by atoms with Crippen LogP contribution in [0.5, 0.6) is 17.2 Å². The van der Waals surface area contributed by atoms with Gasteiger partial charge in [-0.3, -0.25) is 0 Å². The van der Waals surface area contributed by atoms with Gasteiger partial charge in [0.1, 0.15) is 17.2 Å². The minimum Gasteiger partial charge on any atom is -0.496 e. The van der Waals surface area contributed by atoms with E-state index in [2.05, 4.69) is 5.32 Å². The first-order chi connectivity index (χ1) is 12.5. The third-order valence-corrected chi connectivity index (χ3v) is 7.08. The number of hydrogen-bond acceptors (Lipinski definition) is 6. The van der Waals surface area contributed by atoms with Crippen LogP contribution in [0.3, 0.4) is 0 Å². The van der Waals surface area contributed by atoms with Crippen molar-refractivity contribution < 1.29 is 22.6 Å². The van der Waals surface area contributed by atoms with Crippen LogP contribution in [0.25, 0.3) is 0 Å². The molecule has 3 rings (SSSR count). The van der Waals surface area contributed by atoms with Crippen LogP contribution >= 0.6 is 12.4 Å². The Morgan fingerprint density at radius 3 is 2.00 bits per heavy atom. The second-order valence-corrected chi connectivity index (χ2v) is 8.77. The third-order valence-electron chi connectivity index (χ3n) is 5.11. The summed E-state index contributed by atoms with van der Waals surface area (Å²) < 4.78 is 43.8. The zero-order chi connectivity index (χ0) is 18.7. The first-order valence-electron chi connectivity index (χ1n) is 9.03. The zero-order valence-corrected chi connectivity index (χ0v) is 17.7. The van der Waals surface area contributed by atoms with E-state index in [4.69, 9.17) is 14.2 Å². The number of piperidine rings is 1. The lowest BCUT2D eigenvalue weighted by Crippen LogP contribution is -2.45. The van der Waals surface area contributed by atoms with Crippen molar-refractivity contribution >= 4 is 22.4 Å². The van der Waals surface area contributed by atoms with Crippen molar-refractivity contribution in [3.8, 4) is 17.2 Å². The van der Waals surface area contributed by atoms with Gasteiger partial charge < -0.3 is 19.5 Å². The fourth-order valence-electron chi connectivity index (χ4n) is 3.31. The quantitative estimate of drug-likeness (QED) is 0.695. The van der Waals surface area contributed by atoms with Gasteiger partial charge in [-0.25, -0.2) is 8.42 Å². The van der Waals surface area contributed by atoms with Crippen molar-refractivity contribution in [3.05, 3.63) is 12.1 Å². The second-order valence-electron chi connectivity index (χ2n) is 6.89. The Morgan fingerprint density at radius 1 is 1.00 bits per heavy atom. The number of methoxy groups -OCH3 is 3. The van der Waals surface area contributed by atoms with Gasteiger partial charge in [0.2, 0.25) is 10.0 Å². The van der Waals surface area contributed by atoms with E-state index in [-0.39, 0.29) is 28.8 Å². The highest BCUT2D eigenvalue weighted by molar-refractivity contribution is 7.89. The molecule has 0 atom stereocenters. The molecule has 2 aliphatic rings. The largest absolute Gasteiger partial charge is 0.496 e. The van der Waals surface area contributed by atoms with Crippen molar-refractivity contribution in [2.75, 3.05) is 41.0 Å². The highest BCUT2D eigenvalue weighted by Gasteiger charge is 2.35. The zero-order valence-electron chi connectivity index (χ0n) is 16.1. The van der Waals surface area contributed by atoms with Gasteiger partial charge >= 0.3 is 0 Å². The van der Waals surface area contributed by atoms with Crippen molar-refractivity contribution in [1.82, 2.24) is 9.62 Å². The average molecular weight is 421 g/mol. The summed E-state index contributed by atoms with van der Waals surface area (Å²) in [6.45, 7) is 2.03. The van der Waals surface area contributed by atoms with Crippen molar-refractivity contribution in [3.63, 3.8) is 0 Å². The van der Waals surface area contributed by atoms with Crippen LogP contribution in [-0.2, 0) is 10.0 Å². The molecule has 1 aliphatic carbocycles. The summed E-state index contributed by atoms with van der Waals surface area (Å²) in [5.41, 5.74) is 0. The topological polar surface area (TPSA) is 77.1 Å². The molecule has 1 aliphatic heterocycles. The number of benzene rings is 1. The molecular formula is C18H29ClN2O5S. The SMILES string of the molecule is COc1cc(OC)c(S(=O)(=O)N2CCC(NCC3CC3)CC2)c(OC)c1.Cl. The van der Waals surface area contributed by atoms with Crippen LogP contribution in [-0.4, -0.2) is 59.7 Å². The molecule has 0 bridgehead atoms. The maximum Gasteiger partial charge on any atom is 0.250 e. The van der Waals surface area contributed by atoms with Crippen LogP contribution in [0.1, 0.15) is 25.7 Å². The van der Waals surface area contributed by atoms with E-state index < -0.39 is 10.0 Å². The molecule has 1 aromatic carbocycles. The first kappa shape index (κ1) is 22.1. The maximum absolute atomic E-state index is 13.2. The minimum atomic E-state index is -3.71. The Morgan fingerprint density at radius 2 is 1.56 bits per heavy atom. The predicted octanol–water partition coefficient (Wildman–Crippen LogP) is 2.29. The standard InChI is InChI=1S/C18H28N2O5S.ClH/c1-23-15-10-16(24-2)18(17(11-15)25-3)26(21,22)20-8-6-14(7-9-20)19-12-13-4-5-13;/h10-11,13-14,19H,4-9,12H2,1-3H3;1H. The fourth-order valence-corrected chi connectivity index (χ4v) is 5.06. The molecule has 0 radical (unpaired) electrons. The molecule has 154 valence electrons. The summed E-state index contributed by atoms with van der Waals surface area (Å²) in [6, 6.07) is 3.53. The van der Waals surface area contributed by atoms with E-state index in [1.54, 1.807) is 12.1 Å². The number of halogens is 1. The molecule has 27 heavy (non-hydrogen) atoms. The van der Waals surface area contributed by atoms with E-state index in [0.717, 1.165) is 25.3 Å². The number of nitrogens with zero attached hydrogens (tertiary/aromatic N) is 1. The Hall–Kier alpha value is -1.22. The van der Waals surface area contributed by atoms with Gasteiger partial charge in [-0.05, 0) is 38.1 Å². The van der Waals surface area contributed by atoms with Gasteiger partial charge in [-0.2, -0.15) is 4.31 Å².